The molecular formula is C34H39N9O4. The maximum atomic E-state index is 13.5. The van der Waals surface area contributed by atoms with Gasteiger partial charge < -0.3 is 21.1 Å². The Morgan fingerprint density at radius 2 is 1.74 bits per heavy atom. The van der Waals surface area contributed by atoms with Gasteiger partial charge >= 0.3 is 5.69 Å². The number of hydrogen-bond acceptors (Lipinski definition) is 9. The summed E-state index contributed by atoms with van der Waals surface area (Å²) < 4.78 is 4.22. The Kier molecular flexibility index (Phi) is 8.65. The van der Waals surface area contributed by atoms with Gasteiger partial charge in [0.1, 0.15) is 17.7 Å². The standard InChI is InChI=1S/C34H39N9O4/c1-20(2)32(45)40-15-12-23(13-16-40)27-17-25(29-30(35)37-19-38-43(27)29)22-8-10-24(11-9-22)39-31(44)26-18-41(21(3)4)34(47)42(33(26)46)28-7-5-6-14-36-28/h5-11,14,17-21,23,31,39,44H,12-13,15-16H2,1-4H3,(H2,35,37,38). The van der Waals surface area contributed by atoms with E-state index in [1.165, 1.54) is 23.3 Å². The van der Waals surface area contributed by atoms with Gasteiger partial charge in [0.05, 0.1) is 5.56 Å². The zero-order valence-electron chi connectivity index (χ0n) is 26.9. The van der Waals surface area contributed by atoms with Crippen LogP contribution < -0.4 is 22.3 Å². The van der Waals surface area contributed by atoms with E-state index in [0.717, 1.165) is 34.2 Å². The van der Waals surface area contributed by atoms with Crippen LogP contribution in [0.1, 0.15) is 70.0 Å². The van der Waals surface area contributed by atoms with Gasteiger partial charge in [-0.05, 0) is 62.6 Å². The van der Waals surface area contributed by atoms with Gasteiger partial charge in [-0.1, -0.05) is 32.0 Å². The first-order valence-electron chi connectivity index (χ1n) is 15.8. The zero-order chi connectivity index (χ0) is 33.4. The minimum Gasteiger partial charge on any atom is -0.382 e. The summed E-state index contributed by atoms with van der Waals surface area (Å²) in [6.45, 7) is 8.87. The van der Waals surface area contributed by atoms with Crippen molar-refractivity contribution in [2.24, 2.45) is 5.92 Å². The van der Waals surface area contributed by atoms with Crippen molar-refractivity contribution in [2.75, 3.05) is 24.1 Å². The Labute approximate surface area is 271 Å². The fourth-order valence-corrected chi connectivity index (χ4v) is 6.18. The van der Waals surface area contributed by atoms with E-state index in [1.807, 2.05) is 49.2 Å². The maximum Gasteiger partial charge on any atom is 0.337 e. The van der Waals surface area contributed by atoms with E-state index in [4.69, 9.17) is 5.73 Å². The lowest BCUT2D eigenvalue weighted by Crippen LogP contribution is -2.42. The van der Waals surface area contributed by atoms with E-state index < -0.39 is 17.5 Å². The van der Waals surface area contributed by atoms with Gasteiger partial charge in [-0.2, -0.15) is 5.10 Å². The SMILES string of the molecule is CC(C)C(=O)N1CCC(c2cc(-c3ccc(NC(O)c4cn(C(C)C)c(=O)n(-c5ccccn5)c4=O)cc3)c3c(N)ncnn23)CC1. The molecule has 5 heterocycles. The lowest BCUT2D eigenvalue weighted by atomic mass is 9.92. The number of amides is 1. The number of carbonyl (C=O) groups is 1. The molecule has 1 aliphatic heterocycles. The summed E-state index contributed by atoms with van der Waals surface area (Å²) in [5.41, 5.74) is 9.19. The number of carbonyl (C=O) groups excluding carboxylic acids is 1. The molecule has 13 heteroatoms. The first-order valence-corrected chi connectivity index (χ1v) is 15.8. The number of aromatic nitrogens is 6. The normalized spacial score (nSPS) is 14.7. The molecule has 1 unspecified atom stereocenters. The highest BCUT2D eigenvalue weighted by Gasteiger charge is 2.29. The molecule has 244 valence electrons. The topological polar surface area (TPSA) is 166 Å². The minimum absolute atomic E-state index is 0.00200. The van der Waals surface area contributed by atoms with Gasteiger partial charge in [-0.15, -0.1) is 0 Å². The van der Waals surface area contributed by atoms with Crippen molar-refractivity contribution in [1.82, 2.24) is 33.6 Å². The zero-order valence-corrected chi connectivity index (χ0v) is 26.9. The third-order valence-electron chi connectivity index (χ3n) is 8.70. The molecule has 0 spiro atoms. The fourth-order valence-electron chi connectivity index (χ4n) is 6.18. The Balaban J connectivity index is 1.28. The van der Waals surface area contributed by atoms with Crippen LogP contribution >= 0.6 is 0 Å². The van der Waals surface area contributed by atoms with Crippen LogP contribution in [0.25, 0.3) is 22.5 Å². The van der Waals surface area contributed by atoms with Crippen molar-refractivity contribution in [3.05, 3.63) is 99.3 Å². The largest absolute Gasteiger partial charge is 0.382 e. The predicted octanol–water partition coefficient (Wildman–Crippen LogP) is 3.73. The van der Waals surface area contributed by atoms with Crippen molar-refractivity contribution in [3.8, 4) is 16.9 Å². The summed E-state index contributed by atoms with van der Waals surface area (Å²) in [4.78, 5) is 49.5. The van der Waals surface area contributed by atoms with Gasteiger partial charge in [-0.25, -0.2) is 23.8 Å². The molecule has 1 saturated heterocycles. The van der Waals surface area contributed by atoms with Gasteiger partial charge in [0, 0.05) is 60.3 Å². The van der Waals surface area contributed by atoms with Gasteiger partial charge in [0.15, 0.2) is 12.0 Å². The van der Waals surface area contributed by atoms with Crippen LogP contribution in [-0.4, -0.2) is 57.7 Å². The molecule has 1 fully saturated rings. The lowest BCUT2D eigenvalue weighted by Gasteiger charge is -2.33. The summed E-state index contributed by atoms with van der Waals surface area (Å²) in [5, 5.41) is 18.7. The average molecular weight is 638 g/mol. The molecule has 4 N–H and O–H groups in total. The van der Waals surface area contributed by atoms with Crippen LogP contribution in [0.2, 0.25) is 0 Å². The number of nitrogens with zero attached hydrogens (tertiary/aromatic N) is 7. The van der Waals surface area contributed by atoms with E-state index in [1.54, 1.807) is 30.3 Å². The van der Waals surface area contributed by atoms with Crippen LogP contribution in [0.15, 0.2) is 76.8 Å². The molecule has 5 aromatic rings. The van der Waals surface area contributed by atoms with Crippen LogP contribution in [0.3, 0.4) is 0 Å². The van der Waals surface area contributed by atoms with Gasteiger partial charge in [0.25, 0.3) is 5.56 Å². The van der Waals surface area contributed by atoms with Crippen LogP contribution in [0.4, 0.5) is 11.5 Å². The third-order valence-corrected chi connectivity index (χ3v) is 8.70. The summed E-state index contributed by atoms with van der Waals surface area (Å²) in [7, 11) is 0. The van der Waals surface area contributed by atoms with Crippen molar-refractivity contribution < 1.29 is 9.90 Å². The Bertz CT molecular complexity index is 2020. The Morgan fingerprint density at radius 3 is 2.38 bits per heavy atom. The quantitative estimate of drug-likeness (QED) is 0.215. The molecule has 0 aliphatic carbocycles. The van der Waals surface area contributed by atoms with E-state index in [2.05, 4.69) is 26.4 Å². The summed E-state index contributed by atoms with van der Waals surface area (Å²) in [5.74, 6) is 0.874. The van der Waals surface area contributed by atoms with E-state index >= 15 is 0 Å². The number of rotatable bonds is 8. The van der Waals surface area contributed by atoms with E-state index in [-0.39, 0.29) is 35.2 Å². The molecule has 1 aliphatic rings. The molecule has 13 nitrogen and oxygen atoms in total. The van der Waals surface area contributed by atoms with Crippen molar-refractivity contribution in [2.45, 2.75) is 58.7 Å². The number of pyridine rings is 1. The second-order valence-corrected chi connectivity index (χ2v) is 12.5. The molecular weight excluding hydrogens is 598 g/mol. The average Bonchev–Trinajstić information content (AvgIpc) is 3.46. The van der Waals surface area contributed by atoms with Gasteiger partial charge in [0.2, 0.25) is 5.91 Å². The number of nitrogen functional groups attached to an aromatic ring is 1. The van der Waals surface area contributed by atoms with Crippen LogP contribution in [0, 0.1) is 5.92 Å². The number of benzene rings is 1. The second kappa shape index (κ2) is 12.8. The van der Waals surface area contributed by atoms with E-state index in [9.17, 15) is 19.5 Å². The number of nitrogens with one attached hydrogen (secondary N) is 1. The second-order valence-electron chi connectivity index (χ2n) is 12.5. The number of aliphatic hydroxyl groups excluding tert-OH is 1. The minimum atomic E-state index is -1.41. The molecule has 0 saturated carbocycles. The number of likely N-dealkylation sites (tertiary alicyclic amines) is 1. The summed E-state index contributed by atoms with van der Waals surface area (Å²) in [6.07, 6.45) is 4.57. The highest BCUT2D eigenvalue weighted by Crippen LogP contribution is 2.37. The lowest BCUT2D eigenvalue weighted by molar-refractivity contribution is -0.135. The highest BCUT2D eigenvalue weighted by atomic mass is 16.3. The number of aliphatic hydroxyl groups is 1. The predicted molar refractivity (Wildman–Crippen MR) is 179 cm³/mol. The molecule has 6 rings (SSSR count). The highest BCUT2D eigenvalue weighted by molar-refractivity contribution is 5.88. The van der Waals surface area contributed by atoms with E-state index in [0.29, 0.717) is 30.1 Å². The Morgan fingerprint density at radius 1 is 1.02 bits per heavy atom. The summed E-state index contributed by atoms with van der Waals surface area (Å²) >= 11 is 0. The molecule has 0 bridgehead atoms. The number of piperidine rings is 1. The smallest absolute Gasteiger partial charge is 0.337 e. The molecule has 4 aromatic heterocycles. The number of hydrogen-bond donors (Lipinski definition) is 3. The van der Waals surface area contributed by atoms with Crippen LogP contribution in [-0.2, 0) is 4.79 Å². The molecule has 0 radical (unpaired) electrons. The first kappa shape index (κ1) is 31.7. The fraction of sp³-hybridized carbons (Fsp3) is 0.353. The number of anilines is 2. The number of nitrogens with two attached hydrogens (primary N) is 1. The van der Waals surface area contributed by atoms with Crippen molar-refractivity contribution in [3.63, 3.8) is 0 Å². The molecule has 1 amide bonds. The van der Waals surface area contributed by atoms with Crippen LogP contribution in [0.5, 0.6) is 0 Å². The van der Waals surface area contributed by atoms with Gasteiger partial charge in [-0.3, -0.25) is 14.2 Å². The molecule has 1 aromatic carbocycles. The monoisotopic (exact) mass is 637 g/mol. The Hall–Kier alpha value is -5.30. The summed E-state index contributed by atoms with van der Waals surface area (Å²) in [6, 6.07) is 14.2. The first-order chi connectivity index (χ1) is 22.5. The molecule has 1 atom stereocenters. The van der Waals surface area contributed by atoms with Crippen molar-refractivity contribution >= 4 is 22.9 Å². The number of fused-ring (bicyclic) bond motifs is 1. The maximum absolute atomic E-state index is 13.5. The molecule has 47 heavy (non-hydrogen) atoms. The third kappa shape index (κ3) is 6.01. The van der Waals surface area contributed by atoms with Crippen molar-refractivity contribution in [1.29, 1.82) is 0 Å².